The number of carbonyl (C=O) groups is 1. The van der Waals surface area contributed by atoms with Crippen LogP contribution in [0.4, 0.5) is 0 Å². The molecule has 0 radical (unpaired) electrons. The second kappa shape index (κ2) is 6.12. The maximum absolute atomic E-state index is 13.0. The van der Waals surface area contributed by atoms with Gasteiger partial charge < -0.3 is 14.2 Å². The molecule has 4 rings (SSSR count). The van der Waals surface area contributed by atoms with Crippen molar-refractivity contribution in [2.24, 2.45) is 0 Å². The summed E-state index contributed by atoms with van der Waals surface area (Å²) in [5, 5.41) is 3.88. The number of morpholine rings is 1. The van der Waals surface area contributed by atoms with Crippen LogP contribution in [-0.2, 0) is 17.6 Å². The molecule has 120 valence electrons. The highest BCUT2D eigenvalue weighted by molar-refractivity contribution is 5.94. The summed E-state index contributed by atoms with van der Waals surface area (Å²) in [6, 6.07) is 5.81. The number of hydrogen-bond acceptors (Lipinski definition) is 5. The molecule has 1 aromatic heterocycles. The molecule has 1 saturated heterocycles. The lowest BCUT2D eigenvalue weighted by Gasteiger charge is -2.34. The quantitative estimate of drug-likeness (QED) is 0.850. The number of rotatable bonds is 2. The molecule has 6 heteroatoms. The molecule has 1 fully saturated rings. The summed E-state index contributed by atoms with van der Waals surface area (Å²) < 4.78 is 10.3. The zero-order chi connectivity index (χ0) is 15.6. The number of carbonyl (C=O) groups excluding carboxylic acids is 1. The van der Waals surface area contributed by atoms with Gasteiger partial charge in [0.2, 0.25) is 6.39 Å². The fourth-order valence-electron chi connectivity index (χ4n) is 3.42. The monoisotopic (exact) mass is 313 g/mol. The average molecular weight is 313 g/mol. The maximum atomic E-state index is 13.0. The predicted octanol–water partition coefficient (Wildman–Crippen LogP) is 2.16. The standard InChI is InChI=1S/C17H19N3O3/c21-17(14-6-5-12-3-1-2-4-13(12)9-14)20-7-8-22-10-15(20)16-18-11-23-19-16/h5-6,9,11,15H,1-4,7-8,10H2. The molecule has 6 nitrogen and oxygen atoms in total. The van der Waals surface area contributed by atoms with Crippen LogP contribution in [0.2, 0.25) is 0 Å². The third-order valence-corrected chi connectivity index (χ3v) is 4.66. The van der Waals surface area contributed by atoms with Crippen LogP contribution in [-0.4, -0.2) is 40.7 Å². The molecule has 0 saturated carbocycles. The summed E-state index contributed by atoms with van der Waals surface area (Å²) in [4.78, 5) is 18.9. The van der Waals surface area contributed by atoms with Crippen LogP contribution in [0.15, 0.2) is 29.1 Å². The molecule has 1 aromatic carbocycles. The van der Waals surface area contributed by atoms with Crippen molar-refractivity contribution in [3.05, 3.63) is 47.1 Å². The van der Waals surface area contributed by atoms with Gasteiger partial charge in [-0.1, -0.05) is 11.2 Å². The van der Waals surface area contributed by atoms with Gasteiger partial charge in [0.1, 0.15) is 6.04 Å². The predicted molar refractivity (Wildman–Crippen MR) is 82.0 cm³/mol. The zero-order valence-corrected chi connectivity index (χ0v) is 12.9. The van der Waals surface area contributed by atoms with Crippen LogP contribution in [0.1, 0.15) is 46.2 Å². The normalized spacial score (nSPS) is 21.0. The van der Waals surface area contributed by atoms with Crippen LogP contribution in [0, 0.1) is 0 Å². The van der Waals surface area contributed by atoms with E-state index in [0.29, 0.717) is 25.6 Å². The number of ether oxygens (including phenoxy) is 1. The fraction of sp³-hybridized carbons (Fsp3) is 0.471. The minimum atomic E-state index is -0.286. The van der Waals surface area contributed by atoms with Crippen molar-refractivity contribution in [2.75, 3.05) is 19.8 Å². The van der Waals surface area contributed by atoms with Gasteiger partial charge in [0.05, 0.1) is 13.2 Å². The number of amides is 1. The Morgan fingerprint density at radius 3 is 2.91 bits per heavy atom. The Labute approximate surface area is 134 Å². The van der Waals surface area contributed by atoms with Crippen LogP contribution >= 0.6 is 0 Å². The summed E-state index contributed by atoms with van der Waals surface area (Å²) in [5.74, 6) is 0.507. The van der Waals surface area contributed by atoms with Gasteiger partial charge in [0.25, 0.3) is 5.91 Å². The third-order valence-electron chi connectivity index (χ3n) is 4.66. The van der Waals surface area contributed by atoms with Gasteiger partial charge in [-0.05, 0) is 48.9 Å². The molecule has 0 N–H and O–H groups in total. The van der Waals surface area contributed by atoms with Crippen LogP contribution in [0.3, 0.4) is 0 Å². The minimum absolute atomic E-state index is 0.0106. The van der Waals surface area contributed by atoms with E-state index in [-0.39, 0.29) is 11.9 Å². The number of aromatic nitrogens is 2. The van der Waals surface area contributed by atoms with Gasteiger partial charge in [0.15, 0.2) is 5.82 Å². The minimum Gasteiger partial charge on any atom is -0.377 e. The molecule has 1 aliphatic carbocycles. The van der Waals surface area contributed by atoms with Crippen molar-refractivity contribution in [2.45, 2.75) is 31.7 Å². The maximum Gasteiger partial charge on any atom is 0.254 e. The van der Waals surface area contributed by atoms with E-state index in [0.717, 1.165) is 18.4 Å². The van der Waals surface area contributed by atoms with Crippen molar-refractivity contribution in [3.63, 3.8) is 0 Å². The van der Waals surface area contributed by atoms with Gasteiger partial charge in [0, 0.05) is 12.1 Å². The molecule has 0 spiro atoms. The molecule has 0 bridgehead atoms. The Kier molecular flexibility index (Phi) is 3.83. The Balaban J connectivity index is 1.62. The number of benzene rings is 1. The second-order valence-electron chi connectivity index (χ2n) is 6.07. The van der Waals surface area contributed by atoms with Crippen LogP contribution in [0.25, 0.3) is 0 Å². The van der Waals surface area contributed by atoms with Gasteiger partial charge in [-0.25, -0.2) is 0 Å². The lowest BCUT2D eigenvalue weighted by atomic mass is 9.90. The number of hydrogen-bond donors (Lipinski definition) is 0. The zero-order valence-electron chi connectivity index (χ0n) is 12.9. The molecule has 2 heterocycles. The van der Waals surface area contributed by atoms with Crippen LogP contribution in [0.5, 0.6) is 0 Å². The summed E-state index contributed by atoms with van der Waals surface area (Å²) in [5.41, 5.74) is 3.43. The Morgan fingerprint density at radius 2 is 2.09 bits per heavy atom. The van der Waals surface area contributed by atoms with Gasteiger partial charge >= 0.3 is 0 Å². The summed E-state index contributed by atoms with van der Waals surface area (Å²) in [6.07, 6.45) is 5.91. The number of aryl methyl sites for hydroxylation is 2. The smallest absolute Gasteiger partial charge is 0.254 e. The van der Waals surface area contributed by atoms with Gasteiger partial charge in [-0.2, -0.15) is 4.98 Å². The Hall–Kier alpha value is -2.21. The topological polar surface area (TPSA) is 68.5 Å². The van der Waals surface area contributed by atoms with E-state index in [1.165, 1.54) is 30.4 Å². The van der Waals surface area contributed by atoms with Crippen molar-refractivity contribution < 1.29 is 14.1 Å². The van der Waals surface area contributed by atoms with Crippen LogP contribution < -0.4 is 0 Å². The molecule has 1 aliphatic heterocycles. The van der Waals surface area contributed by atoms with E-state index in [4.69, 9.17) is 9.26 Å². The summed E-state index contributed by atoms with van der Waals surface area (Å²) in [6.45, 7) is 1.47. The van der Waals surface area contributed by atoms with E-state index >= 15 is 0 Å². The molecule has 2 aromatic rings. The largest absolute Gasteiger partial charge is 0.377 e. The average Bonchev–Trinajstić information content (AvgIpc) is 3.15. The van der Waals surface area contributed by atoms with E-state index in [9.17, 15) is 4.79 Å². The molecular formula is C17H19N3O3. The first-order valence-electron chi connectivity index (χ1n) is 8.10. The molecular weight excluding hydrogens is 294 g/mol. The lowest BCUT2D eigenvalue weighted by Crippen LogP contribution is -2.43. The summed E-state index contributed by atoms with van der Waals surface area (Å²) in [7, 11) is 0. The van der Waals surface area contributed by atoms with Crippen molar-refractivity contribution in [1.82, 2.24) is 15.0 Å². The van der Waals surface area contributed by atoms with Crippen molar-refractivity contribution >= 4 is 5.91 Å². The highest BCUT2D eigenvalue weighted by Gasteiger charge is 2.32. The van der Waals surface area contributed by atoms with Gasteiger partial charge in [-0.15, -0.1) is 0 Å². The van der Waals surface area contributed by atoms with E-state index < -0.39 is 0 Å². The molecule has 23 heavy (non-hydrogen) atoms. The fourth-order valence-corrected chi connectivity index (χ4v) is 3.42. The first-order chi connectivity index (χ1) is 11.3. The van der Waals surface area contributed by atoms with E-state index in [1.54, 1.807) is 4.90 Å². The van der Waals surface area contributed by atoms with Crippen molar-refractivity contribution in [3.8, 4) is 0 Å². The lowest BCUT2D eigenvalue weighted by molar-refractivity contribution is -0.00577. The Bertz CT molecular complexity index is 699. The Morgan fingerprint density at radius 1 is 1.22 bits per heavy atom. The summed E-state index contributed by atoms with van der Waals surface area (Å²) >= 11 is 0. The van der Waals surface area contributed by atoms with Crippen molar-refractivity contribution in [1.29, 1.82) is 0 Å². The highest BCUT2D eigenvalue weighted by atomic mass is 16.5. The molecule has 1 atom stereocenters. The first-order valence-corrected chi connectivity index (χ1v) is 8.10. The third kappa shape index (κ3) is 2.74. The number of nitrogens with zero attached hydrogens (tertiary/aromatic N) is 3. The SMILES string of the molecule is O=C(c1ccc2c(c1)CCCC2)N1CCOCC1c1ncon1. The van der Waals surface area contributed by atoms with Gasteiger partial charge in [-0.3, -0.25) is 4.79 Å². The second-order valence-corrected chi connectivity index (χ2v) is 6.07. The molecule has 1 unspecified atom stereocenters. The first kappa shape index (κ1) is 14.4. The van der Waals surface area contributed by atoms with E-state index in [1.807, 2.05) is 6.07 Å². The molecule has 2 aliphatic rings. The van der Waals surface area contributed by atoms with E-state index in [2.05, 4.69) is 22.3 Å². The number of fused-ring (bicyclic) bond motifs is 1. The molecule has 1 amide bonds. The highest BCUT2D eigenvalue weighted by Crippen LogP contribution is 2.26.